The van der Waals surface area contributed by atoms with Crippen molar-refractivity contribution in [2.24, 2.45) is 0 Å². The molecule has 0 spiro atoms. The van der Waals surface area contributed by atoms with E-state index in [4.69, 9.17) is 0 Å². The molecule has 0 aliphatic carbocycles. The number of carbonyl (C=O) groups excluding carboxylic acids is 1. The third-order valence-corrected chi connectivity index (χ3v) is 3.11. The topological polar surface area (TPSA) is 55.8 Å². The van der Waals surface area contributed by atoms with Crippen LogP contribution in [0.25, 0.3) is 0 Å². The van der Waals surface area contributed by atoms with Crippen molar-refractivity contribution in [3.8, 4) is 0 Å². The monoisotopic (exact) mass is 213 g/mol. The summed E-state index contributed by atoms with van der Waals surface area (Å²) in [6.07, 6.45) is 0.341. The smallest absolute Gasteiger partial charge is 0.320 e. The number of fused-ring (bicyclic) bond motifs is 1. The van der Waals surface area contributed by atoms with Gasteiger partial charge in [0.05, 0.1) is 12.1 Å². The Labute approximate surface area is 90.0 Å². The van der Waals surface area contributed by atoms with Crippen LogP contribution in [0.4, 0.5) is 4.79 Å². The fourth-order valence-electron chi connectivity index (χ4n) is 2.22. The van der Waals surface area contributed by atoms with Crippen molar-refractivity contribution in [3.05, 3.63) is 0 Å². The zero-order valence-electron chi connectivity index (χ0n) is 9.15. The first kappa shape index (κ1) is 10.7. The molecule has 2 atom stereocenters. The summed E-state index contributed by atoms with van der Waals surface area (Å²) in [4.78, 5) is 15.7. The van der Waals surface area contributed by atoms with E-state index in [2.05, 4.69) is 5.32 Å². The molecule has 2 heterocycles. The van der Waals surface area contributed by atoms with E-state index >= 15 is 0 Å². The number of piperazine rings is 1. The summed E-state index contributed by atoms with van der Waals surface area (Å²) in [7, 11) is 0. The first-order chi connectivity index (χ1) is 7.18. The van der Waals surface area contributed by atoms with E-state index in [1.807, 2.05) is 9.80 Å². The number of nitrogens with zero attached hydrogens (tertiary/aromatic N) is 2. The lowest BCUT2D eigenvalue weighted by Gasteiger charge is -2.28. The van der Waals surface area contributed by atoms with Crippen LogP contribution in [0.5, 0.6) is 0 Å². The van der Waals surface area contributed by atoms with Crippen LogP contribution < -0.4 is 5.32 Å². The highest BCUT2D eigenvalue weighted by Crippen LogP contribution is 2.17. The molecule has 15 heavy (non-hydrogen) atoms. The zero-order chi connectivity index (χ0) is 10.8. The Balaban J connectivity index is 1.89. The van der Waals surface area contributed by atoms with Gasteiger partial charge in [0, 0.05) is 32.7 Å². The Kier molecular flexibility index (Phi) is 3.11. The maximum Gasteiger partial charge on any atom is 0.320 e. The molecule has 5 nitrogen and oxygen atoms in total. The molecule has 2 aliphatic rings. The second-order valence-electron chi connectivity index (χ2n) is 4.42. The molecule has 0 aromatic rings. The molecule has 2 unspecified atom stereocenters. The van der Waals surface area contributed by atoms with E-state index in [0.717, 1.165) is 26.2 Å². The molecular formula is C10H19N3O2. The fraction of sp³-hybridized carbons (Fsp3) is 0.900. The molecule has 5 heteroatoms. The van der Waals surface area contributed by atoms with Crippen LogP contribution in [0.1, 0.15) is 13.3 Å². The van der Waals surface area contributed by atoms with Gasteiger partial charge in [0.15, 0.2) is 0 Å². The Bertz CT molecular complexity index is 245. The van der Waals surface area contributed by atoms with E-state index in [1.54, 1.807) is 6.92 Å². The lowest BCUT2D eigenvalue weighted by molar-refractivity contribution is 0.158. The highest BCUT2D eigenvalue weighted by atomic mass is 16.3. The van der Waals surface area contributed by atoms with Gasteiger partial charge >= 0.3 is 6.03 Å². The molecule has 0 bridgehead atoms. The van der Waals surface area contributed by atoms with Gasteiger partial charge < -0.3 is 20.2 Å². The van der Waals surface area contributed by atoms with Crippen molar-refractivity contribution < 1.29 is 9.90 Å². The number of nitrogens with one attached hydrogen (secondary N) is 1. The minimum Gasteiger partial charge on any atom is -0.393 e. The summed E-state index contributed by atoms with van der Waals surface area (Å²) < 4.78 is 0. The van der Waals surface area contributed by atoms with Crippen LogP contribution in [0.2, 0.25) is 0 Å². The van der Waals surface area contributed by atoms with Crippen molar-refractivity contribution in [1.29, 1.82) is 0 Å². The quantitative estimate of drug-likeness (QED) is 0.662. The Morgan fingerprint density at radius 3 is 3.13 bits per heavy atom. The second-order valence-corrected chi connectivity index (χ2v) is 4.42. The first-order valence-electron chi connectivity index (χ1n) is 5.63. The van der Waals surface area contributed by atoms with Gasteiger partial charge in [-0.2, -0.15) is 0 Å². The van der Waals surface area contributed by atoms with Gasteiger partial charge in [-0.25, -0.2) is 4.79 Å². The zero-order valence-corrected chi connectivity index (χ0v) is 9.15. The summed E-state index contributed by atoms with van der Waals surface area (Å²) in [6, 6.07) is 0.474. The van der Waals surface area contributed by atoms with E-state index in [-0.39, 0.29) is 12.1 Å². The van der Waals surface area contributed by atoms with Gasteiger partial charge in [-0.15, -0.1) is 0 Å². The van der Waals surface area contributed by atoms with Crippen LogP contribution >= 0.6 is 0 Å². The van der Waals surface area contributed by atoms with E-state index in [0.29, 0.717) is 19.0 Å². The first-order valence-corrected chi connectivity index (χ1v) is 5.63. The number of urea groups is 1. The third kappa shape index (κ3) is 2.23. The van der Waals surface area contributed by atoms with Crippen LogP contribution in [0.3, 0.4) is 0 Å². The summed E-state index contributed by atoms with van der Waals surface area (Å²) >= 11 is 0. The summed E-state index contributed by atoms with van der Waals surface area (Å²) in [5.74, 6) is 0. The number of carbonyl (C=O) groups is 1. The van der Waals surface area contributed by atoms with Crippen molar-refractivity contribution >= 4 is 6.03 Å². The summed E-state index contributed by atoms with van der Waals surface area (Å²) in [6.45, 7) is 5.84. The maximum absolute atomic E-state index is 11.9. The van der Waals surface area contributed by atoms with Gasteiger partial charge in [-0.3, -0.25) is 0 Å². The molecule has 0 radical (unpaired) electrons. The molecule has 2 saturated heterocycles. The predicted molar refractivity (Wildman–Crippen MR) is 56.6 cm³/mol. The number of hydrogen-bond acceptors (Lipinski definition) is 3. The average molecular weight is 213 g/mol. The largest absolute Gasteiger partial charge is 0.393 e. The number of aliphatic hydroxyl groups is 1. The Morgan fingerprint density at radius 1 is 1.67 bits per heavy atom. The van der Waals surface area contributed by atoms with Crippen molar-refractivity contribution in [2.45, 2.75) is 25.5 Å². The SMILES string of the molecule is CC(O)CCN1CC2CNCCN2C1=O. The van der Waals surface area contributed by atoms with E-state index in [9.17, 15) is 9.90 Å². The number of rotatable bonds is 3. The molecular weight excluding hydrogens is 194 g/mol. The standard InChI is InChI=1S/C10H19N3O2/c1-8(14)2-4-12-7-9-6-11-3-5-13(9)10(12)15/h8-9,11,14H,2-7H2,1H3. The predicted octanol–water partition coefficient (Wildman–Crippen LogP) is -0.533. The summed E-state index contributed by atoms with van der Waals surface area (Å²) in [5, 5.41) is 12.5. The normalized spacial score (nSPS) is 28.1. The maximum atomic E-state index is 11.9. The highest BCUT2D eigenvalue weighted by Gasteiger charge is 2.37. The molecule has 2 aliphatic heterocycles. The lowest BCUT2D eigenvalue weighted by atomic mass is 10.2. The average Bonchev–Trinajstić information content (AvgIpc) is 2.54. The second kappa shape index (κ2) is 4.37. The third-order valence-electron chi connectivity index (χ3n) is 3.11. The van der Waals surface area contributed by atoms with Crippen molar-refractivity contribution in [3.63, 3.8) is 0 Å². The fourth-order valence-corrected chi connectivity index (χ4v) is 2.22. The summed E-state index contributed by atoms with van der Waals surface area (Å²) in [5.41, 5.74) is 0. The molecule has 2 N–H and O–H groups in total. The van der Waals surface area contributed by atoms with Crippen LogP contribution in [-0.2, 0) is 0 Å². The molecule has 0 saturated carbocycles. The number of hydrogen-bond donors (Lipinski definition) is 2. The molecule has 2 fully saturated rings. The molecule has 0 aromatic heterocycles. The lowest BCUT2D eigenvalue weighted by Crippen LogP contribution is -2.49. The van der Waals surface area contributed by atoms with E-state index < -0.39 is 0 Å². The van der Waals surface area contributed by atoms with Gasteiger partial charge in [-0.1, -0.05) is 0 Å². The van der Waals surface area contributed by atoms with E-state index in [1.165, 1.54) is 0 Å². The number of aliphatic hydroxyl groups excluding tert-OH is 1. The number of amides is 2. The van der Waals surface area contributed by atoms with Gasteiger partial charge in [0.1, 0.15) is 0 Å². The van der Waals surface area contributed by atoms with Gasteiger partial charge in [-0.05, 0) is 13.3 Å². The van der Waals surface area contributed by atoms with Crippen LogP contribution in [0.15, 0.2) is 0 Å². The van der Waals surface area contributed by atoms with Crippen molar-refractivity contribution in [2.75, 3.05) is 32.7 Å². The minimum atomic E-state index is -0.325. The highest BCUT2D eigenvalue weighted by molar-refractivity contribution is 5.77. The Morgan fingerprint density at radius 2 is 2.47 bits per heavy atom. The van der Waals surface area contributed by atoms with Crippen LogP contribution in [-0.4, -0.2) is 65.8 Å². The van der Waals surface area contributed by atoms with Crippen molar-refractivity contribution in [1.82, 2.24) is 15.1 Å². The molecule has 2 amide bonds. The molecule has 86 valence electrons. The minimum absolute atomic E-state index is 0.141. The Hall–Kier alpha value is -0.810. The molecule has 2 rings (SSSR count). The van der Waals surface area contributed by atoms with Gasteiger partial charge in [0.25, 0.3) is 0 Å². The van der Waals surface area contributed by atoms with Crippen LogP contribution in [0, 0.1) is 0 Å². The molecule has 0 aromatic carbocycles. The van der Waals surface area contributed by atoms with Gasteiger partial charge in [0.2, 0.25) is 0 Å².